The van der Waals surface area contributed by atoms with Crippen LogP contribution in [0.2, 0.25) is 0 Å². The van der Waals surface area contributed by atoms with Crippen molar-refractivity contribution in [2.24, 2.45) is 5.73 Å². The molecule has 0 radical (unpaired) electrons. The fourth-order valence-corrected chi connectivity index (χ4v) is 13.6. The fraction of sp³-hybridized carbons (Fsp3) is 0.515. The number of aliphatic hydroxyl groups excluding tert-OH is 1. The van der Waals surface area contributed by atoms with E-state index in [-0.39, 0.29) is 103 Å². The minimum absolute atomic E-state index is 0.0482. The highest BCUT2D eigenvalue weighted by molar-refractivity contribution is 8.76. The molecular weight excluding hydrogens is 1360 g/mol. The summed E-state index contributed by atoms with van der Waals surface area (Å²) in [5, 5.41) is 82.7. The van der Waals surface area contributed by atoms with Crippen molar-refractivity contribution in [3.63, 3.8) is 0 Å². The molecule has 0 aliphatic carbocycles. The molecule has 6 rings (SSSR count). The number of carbonyl (C=O) groups is 12. The highest BCUT2D eigenvalue weighted by Gasteiger charge is 2.38. The zero-order chi connectivity index (χ0) is 73.7. The van der Waals surface area contributed by atoms with Gasteiger partial charge in [0, 0.05) is 107 Å². The lowest BCUT2D eigenvalue weighted by Gasteiger charge is -2.33. The van der Waals surface area contributed by atoms with E-state index >= 15 is 19.2 Å². The number of aliphatic hydroxyl groups is 1. The number of phenolic OH excluding ortho intramolecular Hbond substituents is 1. The quantitative estimate of drug-likeness (QED) is 0.0213. The van der Waals surface area contributed by atoms with E-state index in [2.05, 4.69) is 47.5 Å². The monoisotopic (exact) mass is 1450 g/mol. The number of aliphatic carboxylic acids is 4. The van der Waals surface area contributed by atoms with Crippen LogP contribution >= 0.6 is 21.6 Å². The number of unbranched alkanes of at least 4 members (excludes halogenated alkanes) is 1. The lowest BCUT2D eigenvalue weighted by molar-refractivity contribution is -0.146. The molecule has 0 spiro atoms. The first-order valence-electron chi connectivity index (χ1n) is 32.9. The number of aromatic nitrogens is 1. The summed E-state index contributed by atoms with van der Waals surface area (Å²) in [6.45, 7) is 1.74. The molecule has 0 bridgehead atoms. The topological polar surface area (TPSA) is 486 Å². The van der Waals surface area contributed by atoms with Gasteiger partial charge in [-0.3, -0.25) is 72.3 Å². The van der Waals surface area contributed by atoms with Crippen LogP contribution in [-0.4, -0.2) is 291 Å². The largest absolute Gasteiger partial charge is 0.508 e. The Morgan fingerprint density at radius 3 is 1.68 bits per heavy atom. The molecule has 1 aromatic heterocycles. The molecule has 2 aliphatic heterocycles. The molecule has 2 fully saturated rings. The number of rotatable bonds is 27. The molecule has 552 valence electrons. The maximum Gasteiger partial charge on any atom is 0.328 e. The molecule has 3 aromatic carbocycles. The van der Waals surface area contributed by atoms with E-state index in [1.54, 1.807) is 80.4 Å². The average Bonchev–Trinajstić information content (AvgIpc) is 1.71. The van der Waals surface area contributed by atoms with Crippen LogP contribution in [0.15, 0.2) is 85.1 Å². The van der Waals surface area contributed by atoms with Gasteiger partial charge in [0.2, 0.25) is 47.3 Å². The second-order valence-electron chi connectivity index (χ2n) is 24.7. The third kappa shape index (κ3) is 27.2. The highest BCUT2D eigenvalue weighted by atomic mass is 33.1. The van der Waals surface area contributed by atoms with Crippen LogP contribution in [0.5, 0.6) is 5.75 Å². The second-order valence-corrected chi connectivity index (χ2v) is 27.2. The average molecular weight is 1450 g/mol. The number of carbonyl (C=O) groups excluding carboxylic acids is 8. The Morgan fingerprint density at radius 2 is 1.13 bits per heavy atom. The maximum absolute atomic E-state index is 15.3. The van der Waals surface area contributed by atoms with E-state index in [4.69, 9.17) is 10.5 Å². The van der Waals surface area contributed by atoms with Gasteiger partial charge in [-0.15, -0.1) is 0 Å². The van der Waals surface area contributed by atoms with Crippen molar-refractivity contribution in [1.29, 1.82) is 0 Å². The van der Waals surface area contributed by atoms with Crippen LogP contribution in [0.3, 0.4) is 0 Å². The first-order chi connectivity index (χ1) is 48.2. The van der Waals surface area contributed by atoms with Crippen molar-refractivity contribution in [3.8, 4) is 5.75 Å². The highest BCUT2D eigenvalue weighted by Crippen LogP contribution is 2.25. The summed E-state index contributed by atoms with van der Waals surface area (Å²) in [5.74, 6) is -13.6. The number of aromatic hydroxyl groups is 1. The third-order valence-electron chi connectivity index (χ3n) is 16.9. The number of hydrogen-bond acceptors (Lipinski definition) is 22. The summed E-state index contributed by atoms with van der Waals surface area (Å²) >= 11 is 0. The number of ether oxygens (including phenoxy) is 1. The predicted molar refractivity (Wildman–Crippen MR) is 372 cm³/mol. The standard InChI is InChI=1S/C66H92N14O19S2/c1-39(81)57-65(96)74-52(64(95)76-58(66(97)98)40(2)99-3)38-101-100-37-51(73-60(91)48(29-41-11-5-4-6-12-41)69-53(83)33-77-21-23-78(34-54(84)85)25-27-80(36-56(88)89)28-26-79(24-22-77)35-55(86)87)63(94)71-49(30-42-16-18-44(82)19-17-42)61(92)72-50(31-43-32-68-46-14-8-7-13-45(43)46)62(93)70-47(59(90)75-57)15-9-10-20-67/h4-8,11-14,16-19,32,39-40,47-52,57-58,68,81-82H,9-10,15,20-31,33-38,67H2,1-3H3,(H,69,83)(H,70,93)(H,71,94)(H,72,92)(H,73,91)(H,74,96)(H,75,90)(H,76,95)(H,84,85)(H,86,87)(H,88,89)(H,97,98)/t39-,40-,47-,48+,49-,50+,51+,52+,57-,58+/m1/s1. The molecule has 0 unspecified atom stereocenters. The summed E-state index contributed by atoms with van der Waals surface area (Å²) in [6.07, 6.45) is -1.29. The Hall–Kier alpha value is -8.94. The molecular formula is C66H92N14O19S2. The first kappa shape index (κ1) is 81.0. The third-order valence-corrected chi connectivity index (χ3v) is 19.3. The number of para-hydroxylation sites is 1. The zero-order valence-electron chi connectivity index (χ0n) is 56.4. The Balaban J connectivity index is 1.41. The molecule has 17 N–H and O–H groups in total. The van der Waals surface area contributed by atoms with Gasteiger partial charge in [-0.2, -0.15) is 0 Å². The van der Waals surface area contributed by atoms with E-state index in [9.17, 15) is 69.0 Å². The number of fused-ring (bicyclic) bond motifs is 1. The Labute approximate surface area is 590 Å². The van der Waals surface area contributed by atoms with Crippen molar-refractivity contribution in [2.45, 2.75) is 113 Å². The number of methoxy groups -OCH3 is 1. The molecule has 10 atom stereocenters. The van der Waals surface area contributed by atoms with Crippen LogP contribution in [-0.2, 0) is 81.5 Å². The molecule has 2 aliphatic rings. The number of benzene rings is 3. The number of carboxylic acid groups (broad SMARTS) is 4. The zero-order valence-corrected chi connectivity index (χ0v) is 58.0. The summed E-state index contributed by atoms with van der Waals surface area (Å²) in [4.78, 5) is 176. The van der Waals surface area contributed by atoms with Crippen LogP contribution in [0.1, 0.15) is 49.8 Å². The predicted octanol–water partition coefficient (Wildman–Crippen LogP) is -2.72. The molecule has 101 heavy (non-hydrogen) atoms. The minimum Gasteiger partial charge on any atom is -0.508 e. The number of phenols is 1. The van der Waals surface area contributed by atoms with E-state index in [1.165, 1.54) is 45.2 Å². The van der Waals surface area contributed by atoms with Crippen molar-refractivity contribution in [1.82, 2.24) is 67.1 Å². The van der Waals surface area contributed by atoms with Gasteiger partial charge in [0.15, 0.2) is 6.04 Å². The summed E-state index contributed by atoms with van der Waals surface area (Å²) in [5.41, 5.74) is 8.01. The van der Waals surface area contributed by atoms with Crippen molar-refractivity contribution >= 4 is 104 Å². The normalized spacial score (nSPS) is 21.8. The summed E-state index contributed by atoms with van der Waals surface area (Å²) in [7, 11) is 2.94. The Morgan fingerprint density at radius 1 is 0.604 bits per heavy atom. The van der Waals surface area contributed by atoms with Gasteiger partial charge in [-0.1, -0.05) is 82.3 Å². The van der Waals surface area contributed by atoms with E-state index < -0.39 is 163 Å². The van der Waals surface area contributed by atoms with Crippen LogP contribution in [0.4, 0.5) is 0 Å². The molecule has 4 aromatic rings. The summed E-state index contributed by atoms with van der Waals surface area (Å²) < 4.78 is 5.22. The molecule has 0 saturated carbocycles. The molecule has 8 amide bonds. The number of H-pyrrole nitrogens is 1. The van der Waals surface area contributed by atoms with Gasteiger partial charge in [0.25, 0.3) is 0 Å². The number of hydrogen-bond donors (Lipinski definition) is 16. The number of nitrogens with two attached hydrogens (primary N) is 1. The first-order valence-corrected chi connectivity index (χ1v) is 35.4. The smallest absolute Gasteiger partial charge is 0.328 e. The van der Waals surface area contributed by atoms with Gasteiger partial charge in [-0.05, 0) is 74.5 Å². The number of nitrogens with one attached hydrogen (secondary N) is 9. The Kier molecular flexibility index (Phi) is 33.0. The van der Waals surface area contributed by atoms with Crippen molar-refractivity contribution < 1.29 is 92.9 Å². The van der Waals surface area contributed by atoms with Gasteiger partial charge >= 0.3 is 23.9 Å². The molecule has 35 heteroatoms. The number of amides is 8. The minimum atomic E-state index is -1.82. The van der Waals surface area contributed by atoms with Gasteiger partial charge in [-0.25, -0.2) is 4.79 Å². The van der Waals surface area contributed by atoms with Crippen LogP contribution in [0.25, 0.3) is 10.9 Å². The van der Waals surface area contributed by atoms with E-state index in [0.717, 1.165) is 21.6 Å². The van der Waals surface area contributed by atoms with E-state index in [1.807, 2.05) is 0 Å². The SMILES string of the molecule is CO[C@H](C)[C@H](NC(=O)[C@@H]1CSSC[C@H](NC(=O)[C@H](Cc2ccccc2)NC(=O)CN2CCN(CC(=O)O)CCN(CC(=O)O)CCN(CC(=O)O)CC2)C(=O)N[C@H](Cc2ccc(O)cc2)C(=O)N[C@@H](Cc2c[nH]c3ccccc23)C(=O)N[C@H](CCCCN)C(=O)N[C@H]([C@@H](C)O)C(=O)N1)C(=O)O. The number of carboxylic acids is 4. The van der Waals surface area contributed by atoms with Crippen molar-refractivity contribution in [3.05, 3.63) is 102 Å². The van der Waals surface area contributed by atoms with E-state index in [0.29, 0.717) is 34.0 Å². The lowest BCUT2D eigenvalue weighted by Crippen LogP contribution is -2.62. The lowest BCUT2D eigenvalue weighted by atomic mass is 10.0. The van der Waals surface area contributed by atoms with Crippen molar-refractivity contribution in [2.75, 3.05) is 104 Å². The second kappa shape index (κ2) is 41.1. The summed E-state index contributed by atoms with van der Waals surface area (Å²) in [6, 6.07) is 8.39. The fourth-order valence-electron chi connectivity index (χ4n) is 11.2. The maximum atomic E-state index is 15.3. The number of nitrogens with zero attached hydrogens (tertiary/aromatic N) is 4. The van der Waals surface area contributed by atoms with Crippen LogP contribution in [0, 0.1) is 0 Å². The van der Waals surface area contributed by atoms with Crippen LogP contribution < -0.4 is 48.3 Å². The van der Waals surface area contributed by atoms with Gasteiger partial charge < -0.3 is 88.6 Å². The molecule has 33 nitrogen and oxygen atoms in total. The molecule has 2 saturated heterocycles. The van der Waals surface area contributed by atoms with Gasteiger partial charge in [0.1, 0.15) is 48.0 Å². The molecule has 3 heterocycles. The number of aromatic amines is 1. The Bertz CT molecular complexity index is 3430. The van der Waals surface area contributed by atoms with Gasteiger partial charge in [0.05, 0.1) is 38.4 Å².